The number of alkyl halides is 3. The number of pyridine rings is 1. The standard InChI is InChI=1S/C22H19F3N2/c1-2-27-21(20-13-6-7-14-26-20,16-17-9-4-3-5-10-17)18-11-8-12-19(15-18)22(23,24)25/h2-15,27H,1,16H2. The predicted molar refractivity (Wildman–Crippen MR) is 99.9 cm³/mol. The largest absolute Gasteiger partial charge is 0.416 e. The molecule has 0 bridgehead atoms. The number of rotatable bonds is 6. The molecule has 1 heterocycles. The smallest absolute Gasteiger partial charge is 0.377 e. The molecule has 0 aliphatic heterocycles. The third-order valence-corrected chi connectivity index (χ3v) is 4.45. The molecular formula is C22H19F3N2. The van der Waals surface area contributed by atoms with E-state index in [4.69, 9.17) is 0 Å². The second-order valence-electron chi connectivity index (χ2n) is 6.21. The molecule has 0 fully saturated rings. The molecule has 3 aromatic rings. The van der Waals surface area contributed by atoms with Crippen molar-refractivity contribution >= 4 is 0 Å². The summed E-state index contributed by atoms with van der Waals surface area (Å²) in [6.45, 7) is 3.75. The van der Waals surface area contributed by atoms with Gasteiger partial charge in [-0.1, -0.05) is 55.1 Å². The highest BCUT2D eigenvalue weighted by Crippen LogP contribution is 2.36. The maximum absolute atomic E-state index is 13.3. The highest BCUT2D eigenvalue weighted by atomic mass is 19.4. The Morgan fingerprint density at radius 1 is 0.889 bits per heavy atom. The lowest BCUT2D eigenvalue weighted by atomic mass is 9.80. The van der Waals surface area contributed by atoms with Crippen molar-refractivity contribution in [1.82, 2.24) is 10.3 Å². The summed E-state index contributed by atoms with van der Waals surface area (Å²) in [7, 11) is 0. The highest BCUT2D eigenvalue weighted by molar-refractivity contribution is 5.41. The number of hydrogen-bond acceptors (Lipinski definition) is 2. The fraction of sp³-hybridized carbons (Fsp3) is 0.136. The van der Waals surface area contributed by atoms with E-state index in [0.717, 1.165) is 11.6 Å². The number of nitrogens with one attached hydrogen (secondary N) is 1. The van der Waals surface area contributed by atoms with Crippen LogP contribution < -0.4 is 5.32 Å². The summed E-state index contributed by atoms with van der Waals surface area (Å²) in [4.78, 5) is 4.44. The van der Waals surface area contributed by atoms with E-state index in [1.54, 1.807) is 24.4 Å². The van der Waals surface area contributed by atoms with Crippen molar-refractivity contribution in [2.45, 2.75) is 18.1 Å². The van der Waals surface area contributed by atoms with Gasteiger partial charge in [0.05, 0.1) is 11.3 Å². The third kappa shape index (κ3) is 4.03. The maximum Gasteiger partial charge on any atom is 0.416 e. The molecule has 0 radical (unpaired) electrons. The summed E-state index contributed by atoms with van der Waals surface area (Å²) in [5.41, 5.74) is 0.382. The van der Waals surface area contributed by atoms with Gasteiger partial charge in [-0.15, -0.1) is 0 Å². The Kier molecular flexibility index (Phi) is 5.31. The summed E-state index contributed by atoms with van der Waals surface area (Å²) in [6.07, 6.45) is -0.879. The predicted octanol–water partition coefficient (Wildman–Crippen LogP) is 5.32. The van der Waals surface area contributed by atoms with Crippen molar-refractivity contribution in [2.24, 2.45) is 0 Å². The fourth-order valence-electron chi connectivity index (χ4n) is 3.20. The minimum atomic E-state index is -4.42. The van der Waals surface area contributed by atoms with Crippen LogP contribution in [0.2, 0.25) is 0 Å². The average molecular weight is 368 g/mol. The molecule has 0 aliphatic rings. The minimum absolute atomic E-state index is 0.415. The van der Waals surface area contributed by atoms with Crippen LogP contribution in [0.4, 0.5) is 13.2 Å². The highest BCUT2D eigenvalue weighted by Gasteiger charge is 2.38. The zero-order valence-corrected chi connectivity index (χ0v) is 14.6. The van der Waals surface area contributed by atoms with Gasteiger partial charge >= 0.3 is 6.18 Å². The lowest BCUT2D eigenvalue weighted by Crippen LogP contribution is -2.43. The topological polar surface area (TPSA) is 24.9 Å². The van der Waals surface area contributed by atoms with Crippen LogP contribution in [0.15, 0.2) is 91.8 Å². The van der Waals surface area contributed by atoms with Crippen LogP contribution in [0.1, 0.15) is 22.4 Å². The molecule has 0 saturated heterocycles. The first kappa shape index (κ1) is 18.7. The molecule has 1 atom stereocenters. The monoisotopic (exact) mass is 368 g/mol. The van der Waals surface area contributed by atoms with E-state index < -0.39 is 17.3 Å². The molecule has 1 unspecified atom stereocenters. The van der Waals surface area contributed by atoms with E-state index in [9.17, 15) is 13.2 Å². The SMILES string of the molecule is C=CNC(Cc1ccccc1)(c1cccc(C(F)(F)F)c1)c1ccccn1. The number of hydrogen-bond donors (Lipinski definition) is 1. The van der Waals surface area contributed by atoms with Crippen LogP contribution in [0.25, 0.3) is 0 Å². The van der Waals surface area contributed by atoms with E-state index in [0.29, 0.717) is 17.7 Å². The molecule has 27 heavy (non-hydrogen) atoms. The van der Waals surface area contributed by atoms with Gasteiger partial charge in [-0.2, -0.15) is 13.2 Å². The van der Waals surface area contributed by atoms with E-state index in [-0.39, 0.29) is 0 Å². The molecule has 138 valence electrons. The van der Waals surface area contributed by atoms with Crippen molar-refractivity contribution in [3.63, 3.8) is 0 Å². The Balaban J connectivity index is 2.21. The Morgan fingerprint density at radius 2 is 1.59 bits per heavy atom. The first-order valence-corrected chi connectivity index (χ1v) is 8.47. The van der Waals surface area contributed by atoms with E-state index in [1.807, 2.05) is 36.4 Å². The zero-order chi connectivity index (χ0) is 19.3. The second kappa shape index (κ2) is 7.66. The Labute approximate surface area is 156 Å². The summed E-state index contributed by atoms with van der Waals surface area (Å²) in [6, 6.07) is 20.3. The molecule has 3 rings (SSSR count). The Hall–Kier alpha value is -3.08. The van der Waals surface area contributed by atoms with Crippen LogP contribution in [0.3, 0.4) is 0 Å². The van der Waals surface area contributed by atoms with Crippen LogP contribution in [0, 0.1) is 0 Å². The summed E-state index contributed by atoms with van der Waals surface area (Å²) < 4.78 is 39.9. The van der Waals surface area contributed by atoms with Crippen molar-refractivity contribution in [1.29, 1.82) is 0 Å². The van der Waals surface area contributed by atoms with Crippen LogP contribution >= 0.6 is 0 Å². The molecule has 2 aromatic carbocycles. The Morgan fingerprint density at radius 3 is 2.22 bits per heavy atom. The van der Waals surface area contributed by atoms with Gasteiger partial charge in [0.2, 0.25) is 0 Å². The first-order chi connectivity index (χ1) is 13.0. The molecule has 2 nitrogen and oxygen atoms in total. The summed E-state index contributed by atoms with van der Waals surface area (Å²) in [5.74, 6) is 0. The third-order valence-electron chi connectivity index (χ3n) is 4.45. The van der Waals surface area contributed by atoms with Gasteiger partial charge in [-0.25, -0.2) is 0 Å². The van der Waals surface area contributed by atoms with Gasteiger partial charge in [-0.05, 0) is 41.6 Å². The Bertz CT molecular complexity index is 892. The quantitative estimate of drug-likeness (QED) is 0.637. The first-order valence-electron chi connectivity index (χ1n) is 8.47. The molecule has 1 aromatic heterocycles. The average Bonchev–Trinajstić information content (AvgIpc) is 2.68. The number of aromatic nitrogens is 1. The minimum Gasteiger partial charge on any atom is -0.377 e. The van der Waals surface area contributed by atoms with Gasteiger partial charge in [-0.3, -0.25) is 4.98 Å². The van der Waals surface area contributed by atoms with Gasteiger partial charge in [0, 0.05) is 12.6 Å². The molecule has 5 heteroatoms. The van der Waals surface area contributed by atoms with E-state index in [2.05, 4.69) is 16.9 Å². The van der Waals surface area contributed by atoms with Crippen LogP contribution in [-0.2, 0) is 18.1 Å². The maximum atomic E-state index is 13.3. The van der Waals surface area contributed by atoms with Crippen molar-refractivity contribution in [2.75, 3.05) is 0 Å². The molecule has 0 saturated carbocycles. The molecule has 0 amide bonds. The van der Waals surface area contributed by atoms with Gasteiger partial charge in [0.15, 0.2) is 0 Å². The van der Waals surface area contributed by atoms with Gasteiger partial charge in [0.1, 0.15) is 5.54 Å². The van der Waals surface area contributed by atoms with Crippen LogP contribution in [0.5, 0.6) is 0 Å². The lowest BCUT2D eigenvalue weighted by molar-refractivity contribution is -0.137. The molecule has 0 aliphatic carbocycles. The molecule has 1 N–H and O–H groups in total. The molecule has 0 spiro atoms. The second-order valence-corrected chi connectivity index (χ2v) is 6.21. The van der Waals surface area contributed by atoms with Gasteiger partial charge < -0.3 is 5.32 Å². The van der Waals surface area contributed by atoms with Crippen molar-refractivity contribution in [3.8, 4) is 0 Å². The summed E-state index contributed by atoms with van der Waals surface area (Å²) in [5, 5.41) is 3.19. The zero-order valence-electron chi connectivity index (χ0n) is 14.6. The number of halogens is 3. The number of benzene rings is 2. The van der Waals surface area contributed by atoms with Gasteiger partial charge in [0.25, 0.3) is 0 Å². The van der Waals surface area contributed by atoms with Crippen molar-refractivity contribution < 1.29 is 13.2 Å². The number of nitrogens with zero attached hydrogens (tertiary/aromatic N) is 1. The normalized spacial score (nSPS) is 13.6. The fourth-order valence-corrected chi connectivity index (χ4v) is 3.20. The van der Waals surface area contributed by atoms with E-state index in [1.165, 1.54) is 18.3 Å². The van der Waals surface area contributed by atoms with Crippen molar-refractivity contribution in [3.05, 3.63) is 114 Å². The molecular weight excluding hydrogens is 349 g/mol. The van der Waals surface area contributed by atoms with Crippen LogP contribution in [-0.4, -0.2) is 4.98 Å². The van der Waals surface area contributed by atoms with E-state index >= 15 is 0 Å². The lowest BCUT2D eigenvalue weighted by Gasteiger charge is -2.35. The summed E-state index contributed by atoms with van der Waals surface area (Å²) >= 11 is 0.